The van der Waals surface area contributed by atoms with Crippen molar-refractivity contribution in [3.8, 4) is 0 Å². The minimum atomic E-state index is 0.289. The fourth-order valence-corrected chi connectivity index (χ4v) is 3.03. The Kier molecular flexibility index (Phi) is 2.42. The lowest BCUT2D eigenvalue weighted by Gasteiger charge is -2.26. The van der Waals surface area contributed by atoms with E-state index in [1.165, 1.54) is 27.7 Å². The molecule has 1 unspecified atom stereocenters. The molecular weight excluding hydrogens is 232 g/mol. The zero-order valence-corrected chi connectivity index (χ0v) is 10.7. The van der Waals surface area contributed by atoms with E-state index in [2.05, 4.69) is 64.9 Å². The summed E-state index contributed by atoms with van der Waals surface area (Å²) in [6.07, 6.45) is 1.12. The molecule has 2 nitrogen and oxygen atoms in total. The third-order valence-electron chi connectivity index (χ3n) is 3.97. The number of aromatic nitrogens is 1. The molecule has 0 saturated carbocycles. The van der Waals surface area contributed by atoms with Gasteiger partial charge in [0.1, 0.15) is 0 Å². The van der Waals surface area contributed by atoms with Gasteiger partial charge in [0.15, 0.2) is 0 Å². The lowest BCUT2D eigenvalue weighted by molar-refractivity contribution is 0.560. The highest BCUT2D eigenvalue weighted by atomic mass is 15.0. The minimum Gasteiger partial charge on any atom is -0.357 e. The maximum Gasteiger partial charge on any atom is 0.0732 e. The molecule has 0 amide bonds. The number of benzene rings is 2. The number of hydrogen-bond donors (Lipinski definition) is 2. The Bertz CT molecular complexity index is 694. The molecule has 0 fully saturated rings. The van der Waals surface area contributed by atoms with Gasteiger partial charge in [0.25, 0.3) is 0 Å². The average Bonchev–Trinajstić information content (AvgIpc) is 2.90. The highest BCUT2D eigenvalue weighted by molar-refractivity contribution is 5.80. The normalized spacial score (nSPS) is 18.4. The zero-order chi connectivity index (χ0) is 12.7. The van der Waals surface area contributed by atoms with Crippen LogP contribution in [0.25, 0.3) is 10.9 Å². The second-order valence-electron chi connectivity index (χ2n) is 5.15. The summed E-state index contributed by atoms with van der Waals surface area (Å²) in [5.74, 6) is 0. The summed E-state index contributed by atoms with van der Waals surface area (Å²) in [5.41, 5.74) is 5.33. The van der Waals surface area contributed by atoms with Gasteiger partial charge in [0.05, 0.1) is 6.04 Å². The summed E-state index contributed by atoms with van der Waals surface area (Å²) in [6.45, 7) is 1.04. The molecular formula is C17H16N2. The van der Waals surface area contributed by atoms with E-state index < -0.39 is 0 Å². The molecule has 1 aliphatic rings. The van der Waals surface area contributed by atoms with Gasteiger partial charge in [0.2, 0.25) is 0 Å². The van der Waals surface area contributed by atoms with Gasteiger partial charge in [-0.25, -0.2) is 0 Å². The van der Waals surface area contributed by atoms with Crippen LogP contribution in [-0.4, -0.2) is 11.5 Å². The summed E-state index contributed by atoms with van der Waals surface area (Å²) in [5, 5.41) is 4.90. The van der Waals surface area contributed by atoms with Crippen molar-refractivity contribution in [3.63, 3.8) is 0 Å². The highest BCUT2D eigenvalue weighted by Gasteiger charge is 2.21. The van der Waals surface area contributed by atoms with Crippen molar-refractivity contribution in [2.24, 2.45) is 0 Å². The Morgan fingerprint density at radius 2 is 1.79 bits per heavy atom. The van der Waals surface area contributed by atoms with Crippen LogP contribution in [-0.2, 0) is 6.42 Å². The SMILES string of the molecule is c1ccc2c(c1)CCNC2c1cc2ccccc2[nH]1. The molecule has 1 aliphatic heterocycles. The van der Waals surface area contributed by atoms with Gasteiger partial charge in [-0.05, 0) is 35.1 Å². The number of aromatic amines is 1. The molecule has 94 valence electrons. The number of H-pyrrole nitrogens is 1. The predicted octanol–water partition coefficient (Wildman–Crippen LogP) is 3.40. The predicted molar refractivity (Wildman–Crippen MR) is 78.3 cm³/mol. The largest absolute Gasteiger partial charge is 0.357 e. The monoisotopic (exact) mass is 248 g/mol. The van der Waals surface area contributed by atoms with Crippen molar-refractivity contribution in [3.05, 3.63) is 71.4 Å². The highest BCUT2D eigenvalue weighted by Crippen LogP contribution is 2.29. The van der Waals surface area contributed by atoms with Crippen molar-refractivity contribution in [1.29, 1.82) is 0 Å². The number of nitrogens with one attached hydrogen (secondary N) is 2. The fourth-order valence-electron chi connectivity index (χ4n) is 3.03. The van der Waals surface area contributed by atoms with Crippen LogP contribution in [0.15, 0.2) is 54.6 Å². The fraction of sp³-hybridized carbons (Fsp3) is 0.176. The van der Waals surface area contributed by atoms with Crippen LogP contribution < -0.4 is 5.32 Å². The molecule has 2 heteroatoms. The standard InChI is InChI=1S/C17H16N2/c1-3-7-14-12(5-1)9-10-18-17(14)16-11-13-6-2-4-8-15(13)19-16/h1-8,11,17-19H,9-10H2. The lowest BCUT2D eigenvalue weighted by atomic mass is 9.92. The molecule has 0 radical (unpaired) electrons. The smallest absolute Gasteiger partial charge is 0.0732 e. The van der Waals surface area contributed by atoms with Crippen molar-refractivity contribution in [2.45, 2.75) is 12.5 Å². The molecule has 0 saturated heterocycles. The van der Waals surface area contributed by atoms with E-state index in [-0.39, 0.29) is 6.04 Å². The van der Waals surface area contributed by atoms with Gasteiger partial charge in [-0.2, -0.15) is 0 Å². The third kappa shape index (κ3) is 1.76. The maximum atomic E-state index is 3.62. The summed E-state index contributed by atoms with van der Waals surface area (Å²) >= 11 is 0. The molecule has 0 aliphatic carbocycles. The number of para-hydroxylation sites is 1. The topological polar surface area (TPSA) is 27.8 Å². The van der Waals surface area contributed by atoms with E-state index >= 15 is 0 Å². The van der Waals surface area contributed by atoms with Crippen LogP contribution in [0.1, 0.15) is 22.9 Å². The van der Waals surface area contributed by atoms with Gasteiger partial charge in [-0.15, -0.1) is 0 Å². The minimum absolute atomic E-state index is 0.289. The second-order valence-corrected chi connectivity index (χ2v) is 5.15. The van der Waals surface area contributed by atoms with Crippen LogP contribution in [0.5, 0.6) is 0 Å². The van der Waals surface area contributed by atoms with E-state index in [0.29, 0.717) is 0 Å². The van der Waals surface area contributed by atoms with Gasteiger partial charge in [-0.3, -0.25) is 0 Å². The Balaban J connectivity index is 1.85. The average molecular weight is 248 g/mol. The van der Waals surface area contributed by atoms with Crippen molar-refractivity contribution in [2.75, 3.05) is 6.54 Å². The first-order valence-electron chi connectivity index (χ1n) is 6.81. The molecule has 0 spiro atoms. The van der Waals surface area contributed by atoms with E-state index in [9.17, 15) is 0 Å². The first kappa shape index (κ1) is 10.8. The van der Waals surface area contributed by atoms with E-state index in [4.69, 9.17) is 0 Å². The molecule has 19 heavy (non-hydrogen) atoms. The van der Waals surface area contributed by atoms with Gasteiger partial charge in [0, 0.05) is 17.8 Å². The number of hydrogen-bond acceptors (Lipinski definition) is 1. The maximum absolute atomic E-state index is 3.62. The third-order valence-corrected chi connectivity index (χ3v) is 3.97. The van der Waals surface area contributed by atoms with Crippen LogP contribution in [0.2, 0.25) is 0 Å². The molecule has 1 aromatic heterocycles. The molecule has 1 atom stereocenters. The van der Waals surface area contributed by atoms with E-state index in [0.717, 1.165) is 13.0 Å². The summed E-state index contributed by atoms with van der Waals surface area (Å²) in [4.78, 5) is 3.54. The van der Waals surface area contributed by atoms with E-state index in [1.54, 1.807) is 0 Å². The first-order valence-corrected chi connectivity index (χ1v) is 6.81. The molecule has 4 rings (SSSR count). The first-order chi connectivity index (χ1) is 9.42. The summed E-state index contributed by atoms with van der Waals surface area (Å²) < 4.78 is 0. The Morgan fingerprint density at radius 3 is 2.74 bits per heavy atom. The number of rotatable bonds is 1. The summed E-state index contributed by atoms with van der Waals surface area (Å²) in [7, 11) is 0. The van der Waals surface area contributed by atoms with Crippen molar-refractivity contribution < 1.29 is 0 Å². The summed E-state index contributed by atoms with van der Waals surface area (Å²) in [6, 6.07) is 19.7. The van der Waals surface area contributed by atoms with Crippen molar-refractivity contribution in [1.82, 2.24) is 10.3 Å². The molecule has 2 heterocycles. The van der Waals surface area contributed by atoms with Gasteiger partial charge in [-0.1, -0.05) is 42.5 Å². The van der Waals surface area contributed by atoms with Crippen LogP contribution in [0.4, 0.5) is 0 Å². The van der Waals surface area contributed by atoms with Gasteiger partial charge >= 0.3 is 0 Å². The zero-order valence-electron chi connectivity index (χ0n) is 10.7. The van der Waals surface area contributed by atoms with Crippen LogP contribution in [0.3, 0.4) is 0 Å². The molecule has 2 aromatic carbocycles. The quantitative estimate of drug-likeness (QED) is 0.678. The van der Waals surface area contributed by atoms with Crippen LogP contribution >= 0.6 is 0 Å². The Labute approximate surface area is 112 Å². The molecule has 2 N–H and O–H groups in total. The lowest BCUT2D eigenvalue weighted by Crippen LogP contribution is -2.30. The Morgan fingerprint density at radius 1 is 0.947 bits per heavy atom. The van der Waals surface area contributed by atoms with Gasteiger partial charge < -0.3 is 10.3 Å². The van der Waals surface area contributed by atoms with E-state index in [1.807, 2.05) is 0 Å². The molecule has 0 bridgehead atoms. The Hall–Kier alpha value is -2.06. The van der Waals surface area contributed by atoms with Crippen molar-refractivity contribution >= 4 is 10.9 Å². The van der Waals surface area contributed by atoms with Crippen LogP contribution in [0, 0.1) is 0 Å². The molecule has 3 aromatic rings. The second kappa shape index (κ2) is 4.25. The number of fused-ring (bicyclic) bond motifs is 2.